The number of hydrogen-bond acceptors (Lipinski definition) is 3. The van der Waals surface area contributed by atoms with Gasteiger partial charge in [0.2, 0.25) is 5.91 Å². The lowest BCUT2D eigenvalue weighted by Gasteiger charge is -2.23. The Morgan fingerprint density at radius 3 is 2.47 bits per heavy atom. The molecule has 0 atom stereocenters. The second kappa shape index (κ2) is 10.1. The SMILES string of the molecule is CCOC(=O)Cn1cc(-c2ccc(C(F)(F)F)cc2CN(CC)C(=O)C2CC2)c2c(Cl)c(F)ccc21. The molecule has 0 aliphatic heterocycles. The van der Waals surface area contributed by atoms with Crippen LogP contribution in [0.4, 0.5) is 17.6 Å². The fraction of sp³-hybridized carbons (Fsp3) is 0.385. The van der Waals surface area contributed by atoms with E-state index in [0.717, 1.165) is 31.0 Å². The summed E-state index contributed by atoms with van der Waals surface area (Å²) in [6.45, 7) is 3.69. The van der Waals surface area contributed by atoms with Crippen LogP contribution in [0.5, 0.6) is 0 Å². The van der Waals surface area contributed by atoms with Gasteiger partial charge >= 0.3 is 12.1 Å². The number of carbonyl (C=O) groups is 2. The van der Waals surface area contributed by atoms with Crippen LogP contribution in [0.2, 0.25) is 5.02 Å². The summed E-state index contributed by atoms with van der Waals surface area (Å²) in [5, 5.41) is 0.0518. The second-order valence-electron chi connectivity index (χ2n) is 8.73. The smallest absolute Gasteiger partial charge is 0.416 e. The monoisotopic (exact) mass is 524 g/mol. The Labute approximate surface area is 210 Å². The molecule has 1 aliphatic rings. The van der Waals surface area contributed by atoms with Gasteiger partial charge in [0.25, 0.3) is 0 Å². The van der Waals surface area contributed by atoms with Crippen molar-refractivity contribution in [3.63, 3.8) is 0 Å². The maximum absolute atomic E-state index is 14.5. The first kappa shape index (κ1) is 26.0. The fourth-order valence-corrected chi connectivity index (χ4v) is 4.57. The van der Waals surface area contributed by atoms with Crippen LogP contribution in [0.25, 0.3) is 22.0 Å². The second-order valence-corrected chi connectivity index (χ2v) is 9.11. The van der Waals surface area contributed by atoms with Crippen LogP contribution in [0.1, 0.15) is 37.8 Å². The molecule has 192 valence electrons. The molecule has 0 radical (unpaired) electrons. The van der Waals surface area contributed by atoms with E-state index in [1.165, 1.54) is 21.6 Å². The molecule has 1 aromatic heterocycles. The highest BCUT2D eigenvalue weighted by Gasteiger charge is 2.35. The number of benzene rings is 2. The van der Waals surface area contributed by atoms with E-state index in [-0.39, 0.29) is 47.5 Å². The highest BCUT2D eigenvalue weighted by molar-refractivity contribution is 6.36. The van der Waals surface area contributed by atoms with Gasteiger partial charge in [0.15, 0.2) is 0 Å². The van der Waals surface area contributed by atoms with Crippen LogP contribution in [0.3, 0.4) is 0 Å². The number of carbonyl (C=O) groups excluding carboxylic acids is 2. The molecule has 1 aliphatic carbocycles. The van der Waals surface area contributed by atoms with Crippen LogP contribution in [-0.4, -0.2) is 34.5 Å². The van der Waals surface area contributed by atoms with Gasteiger partial charge in [-0.2, -0.15) is 13.2 Å². The maximum Gasteiger partial charge on any atom is 0.416 e. The Hall–Kier alpha value is -3.07. The Morgan fingerprint density at radius 1 is 1.14 bits per heavy atom. The zero-order valence-corrected chi connectivity index (χ0v) is 20.5. The van der Waals surface area contributed by atoms with Gasteiger partial charge in [-0.1, -0.05) is 17.7 Å². The number of hydrogen-bond donors (Lipinski definition) is 0. The molecule has 0 saturated heterocycles. The predicted octanol–water partition coefficient (Wildman–Crippen LogP) is 6.44. The lowest BCUT2D eigenvalue weighted by molar-refractivity contribution is -0.143. The number of ether oxygens (including phenoxy) is 1. The van der Waals surface area contributed by atoms with Crippen molar-refractivity contribution in [3.8, 4) is 11.1 Å². The highest BCUT2D eigenvalue weighted by Crippen LogP contribution is 2.41. The van der Waals surface area contributed by atoms with Crippen molar-refractivity contribution in [2.24, 2.45) is 5.92 Å². The van der Waals surface area contributed by atoms with E-state index in [1.54, 1.807) is 20.0 Å². The van der Waals surface area contributed by atoms with E-state index in [0.29, 0.717) is 23.2 Å². The van der Waals surface area contributed by atoms with E-state index in [9.17, 15) is 27.2 Å². The van der Waals surface area contributed by atoms with Crippen molar-refractivity contribution < 1.29 is 31.9 Å². The Balaban J connectivity index is 1.89. The van der Waals surface area contributed by atoms with Crippen molar-refractivity contribution in [2.45, 2.75) is 46.0 Å². The van der Waals surface area contributed by atoms with Gasteiger partial charge in [-0.05, 0) is 62.1 Å². The number of amides is 1. The van der Waals surface area contributed by atoms with Crippen LogP contribution >= 0.6 is 11.6 Å². The van der Waals surface area contributed by atoms with Gasteiger partial charge < -0.3 is 14.2 Å². The third-order valence-electron chi connectivity index (χ3n) is 6.25. The summed E-state index contributed by atoms with van der Waals surface area (Å²) >= 11 is 6.33. The summed E-state index contributed by atoms with van der Waals surface area (Å²) in [6, 6.07) is 5.88. The molecule has 3 aromatic rings. The molecule has 0 spiro atoms. The standard InChI is InChI=1S/C26H25ClF4N2O3/c1-3-32(25(35)15-5-6-15)12-16-11-17(26(29,30)31)7-8-18(16)19-13-33(14-22(34)36-4-2)21-10-9-20(28)24(27)23(19)21/h7-11,13,15H,3-6,12,14H2,1-2H3. The molecule has 5 nitrogen and oxygen atoms in total. The Kier molecular flexibility index (Phi) is 7.31. The lowest BCUT2D eigenvalue weighted by Crippen LogP contribution is -2.31. The normalized spacial score (nSPS) is 13.8. The molecule has 36 heavy (non-hydrogen) atoms. The third-order valence-corrected chi connectivity index (χ3v) is 6.61. The molecule has 1 saturated carbocycles. The fourth-order valence-electron chi connectivity index (χ4n) is 4.31. The molecular weight excluding hydrogens is 500 g/mol. The molecule has 0 bridgehead atoms. The van der Waals surface area contributed by atoms with Crippen molar-refractivity contribution in [2.75, 3.05) is 13.2 Å². The van der Waals surface area contributed by atoms with Crippen LogP contribution in [0, 0.1) is 11.7 Å². The number of esters is 1. The summed E-state index contributed by atoms with van der Waals surface area (Å²) in [6.07, 6.45) is -1.51. The van der Waals surface area contributed by atoms with Crippen LogP contribution < -0.4 is 0 Å². The minimum atomic E-state index is -4.59. The molecule has 1 amide bonds. The first-order valence-corrected chi connectivity index (χ1v) is 12.0. The van der Waals surface area contributed by atoms with Crippen LogP contribution in [-0.2, 0) is 33.6 Å². The van der Waals surface area contributed by atoms with Gasteiger partial charge in [0.1, 0.15) is 12.4 Å². The zero-order valence-electron chi connectivity index (χ0n) is 19.8. The van der Waals surface area contributed by atoms with Crippen molar-refractivity contribution >= 4 is 34.4 Å². The number of rotatable bonds is 8. The molecule has 0 N–H and O–H groups in total. The van der Waals surface area contributed by atoms with Gasteiger partial charge in [0, 0.05) is 36.2 Å². The lowest BCUT2D eigenvalue weighted by atomic mass is 9.96. The average molecular weight is 525 g/mol. The van der Waals surface area contributed by atoms with E-state index in [4.69, 9.17) is 16.3 Å². The van der Waals surface area contributed by atoms with Gasteiger partial charge in [-0.3, -0.25) is 9.59 Å². The molecule has 1 fully saturated rings. The molecular formula is C26H25ClF4N2O3. The van der Waals surface area contributed by atoms with E-state index < -0.39 is 23.5 Å². The summed E-state index contributed by atoms with van der Waals surface area (Å²) < 4.78 is 61.9. The molecule has 1 heterocycles. The number of alkyl halides is 3. The van der Waals surface area contributed by atoms with Crippen molar-refractivity contribution in [1.82, 2.24) is 9.47 Å². The van der Waals surface area contributed by atoms with Gasteiger partial charge in [-0.25, -0.2) is 4.39 Å². The largest absolute Gasteiger partial charge is 0.465 e. The van der Waals surface area contributed by atoms with Gasteiger partial charge in [-0.15, -0.1) is 0 Å². The summed E-state index contributed by atoms with van der Waals surface area (Å²) in [7, 11) is 0. The van der Waals surface area contributed by atoms with Gasteiger partial charge in [0.05, 0.1) is 22.7 Å². The van der Waals surface area contributed by atoms with E-state index in [2.05, 4.69) is 0 Å². The Bertz CT molecular complexity index is 1310. The topological polar surface area (TPSA) is 51.5 Å². The average Bonchev–Trinajstić information content (AvgIpc) is 3.61. The van der Waals surface area contributed by atoms with E-state index in [1.807, 2.05) is 0 Å². The minimum Gasteiger partial charge on any atom is -0.465 e. The number of halogens is 5. The maximum atomic E-state index is 14.5. The first-order chi connectivity index (χ1) is 17.0. The third kappa shape index (κ3) is 5.21. The number of nitrogens with zero attached hydrogens (tertiary/aromatic N) is 2. The molecule has 0 unspecified atom stereocenters. The molecule has 2 aromatic carbocycles. The predicted molar refractivity (Wildman–Crippen MR) is 128 cm³/mol. The quantitative estimate of drug-likeness (QED) is 0.252. The Morgan fingerprint density at radius 2 is 1.86 bits per heavy atom. The summed E-state index contributed by atoms with van der Waals surface area (Å²) in [5.41, 5.74) is 0.541. The molecule has 10 heteroatoms. The van der Waals surface area contributed by atoms with E-state index >= 15 is 0 Å². The highest BCUT2D eigenvalue weighted by atomic mass is 35.5. The van der Waals surface area contributed by atoms with Crippen molar-refractivity contribution in [3.05, 3.63) is 58.5 Å². The minimum absolute atomic E-state index is 0.0530. The number of fused-ring (bicyclic) bond motifs is 1. The van der Waals surface area contributed by atoms with Crippen molar-refractivity contribution in [1.29, 1.82) is 0 Å². The zero-order chi connectivity index (χ0) is 26.2. The van der Waals surface area contributed by atoms with Crippen LogP contribution in [0.15, 0.2) is 36.5 Å². The number of aromatic nitrogens is 1. The summed E-state index contributed by atoms with van der Waals surface area (Å²) in [5.74, 6) is -1.43. The molecule has 4 rings (SSSR count). The first-order valence-electron chi connectivity index (χ1n) is 11.7. The summed E-state index contributed by atoms with van der Waals surface area (Å²) in [4.78, 5) is 26.5.